The minimum atomic E-state index is -4.07. The van der Waals surface area contributed by atoms with Gasteiger partial charge >= 0.3 is 0 Å². The molecule has 0 radical (unpaired) electrons. The molecule has 1 aromatic rings. The molecule has 1 saturated carbocycles. The number of hydrogen-bond acceptors (Lipinski definition) is 4. The van der Waals surface area contributed by atoms with Crippen LogP contribution < -0.4 is 0 Å². The van der Waals surface area contributed by atoms with Crippen LogP contribution in [0.4, 0.5) is 14.5 Å². The first-order chi connectivity index (χ1) is 9.73. The zero-order valence-electron chi connectivity index (χ0n) is 11.2. The van der Waals surface area contributed by atoms with Gasteiger partial charge in [0.2, 0.25) is 10.0 Å². The van der Waals surface area contributed by atoms with E-state index in [0.29, 0.717) is 12.8 Å². The molecular weight excluding hydrogens is 306 g/mol. The smallest absolute Gasteiger partial charge is 0.258 e. The molecule has 0 unspecified atom stereocenters. The summed E-state index contributed by atoms with van der Waals surface area (Å²) in [6.07, 6.45) is -1.66. The van der Waals surface area contributed by atoms with E-state index in [1.165, 1.54) is 6.92 Å². The fourth-order valence-corrected chi connectivity index (χ4v) is 3.82. The molecule has 0 amide bonds. The summed E-state index contributed by atoms with van der Waals surface area (Å²) in [7, 11) is -4.07. The molecule has 21 heavy (non-hydrogen) atoms. The SMILES string of the molecule is Cc1cc(S(=O)(=O)N(CC(F)F)C2CC2)ccc1[N+](=O)[O-]. The van der Waals surface area contributed by atoms with E-state index >= 15 is 0 Å². The summed E-state index contributed by atoms with van der Waals surface area (Å²) in [6, 6.07) is 2.91. The standard InChI is InChI=1S/C12H14F2N2O4S/c1-8-6-10(4-5-11(8)16(17)18)21(19,20)15(7-12(13)14)9-2-3-9/h4-6,9,12H,2-3,7H2,1H3. The van der Waals surface area contributed by atoms with Crippen LogP contribution in [0.15, 0.2) is 23.1 Å². The van der Waals surface area contributed by atoms with Crippen molar-refractivity contribution in [2.45, 2.75) is 37.1 Å². The van der Waals surface area contributed by atoms with Gasteiger partial charge in [-0.2, -0.15) is 4.31 Å². The third-order valence-electron chi connectivity index (χ3n) is 3.24. The van der Waals surface area contributed by atoms with E-state index in [1.54, 1.807) is 0 Å². The van der Waals surface area contributed by atoms with Crippen LogP contribution in [0.1, 0.15) is 18.4 Å². The van der Waals surface area contributed by atoms with Gasteiger partial charge < -0.3 is 0 Å². The Kier molecular flexibility index (Phi) is 4.24. The van der Waals surface area contributed by atoms with E-state index in [2.05, 4.69) is 0 Å². The Bertz CT molecular complexity index is 659. The number of aryl methyl sites for hydroxylation is 1. The molecule has 116 valence electrons. The van der Waals surface area contributed by atoms with Gasteiger partial charge in [0.25, 0.3) is 12.1 Å². The number of alkyl halides is 2. The molecule has 0 spiro atoms. The second-order valence-corrected chi connectivity index (χ2v) is 6.79. The van der Waals surface area contributed by atoms with Gasteiger partial charge in [0.05, 0.1) is 16.4 Å². The summed E-state index contributed by atoms with van der Waals surface area (Å²) in [4.78, 5) is 9.91. The van der Waals surface area contributed by atoms with Crippen molar-refractivity contribution in [3.8, 4) is 0 Å². The summed E-state index contributed by atoms with van der Waals surface area (Å²) in [6.45, 7) is 0.550. The van der Waals surface area contributed by atoms with Gasteiger partial charge in [0.1, 0.15) is 0 Å². The molecule has 0 N–H and O–H groups in total. The number of rotatable bonds is 6. The van der Waals surface area contributed by atoms with Crippen LogP contribution in [-0.4, -0.2) is 36.7 Å². The van der Waals surface area contributed by atoms with E-state index in [1.807, 2.05) is 0 Å². The van der Waals surface area contributed by atoms with Crippen LogP contribution >= 0.6 is 0 Å². The Balaban J connectivity index is 2.38. The second-order valence-electron chi connectivity index (χ2n) is 4.90. The average molecular weight is 320 g/mol. The van der Waals surface area contributed by atoms with Crippen molar-refractivity contribution < 1.29 is 22.1 Å². The largest absolute Gasteiger partial charge is 0.272 e. The second kappa shape index (κ2) is 5.64. The number of nitrogens with zero attached hydrogens (tertiary/aromatic N) is 2. The van der Waals surface area contributed by atoms with Gasteiger partial charge in [-0.1, -0.05) is 0 Å². The zero-order chi connectivity index (χ0) is 15.8. The van der Waals surface area contributed by atoms with Crippen molar-refractivity contribution in [1.29, 1.82) is 0 Å². The van der Waals surface area contributed by atoms with Crippen LogP contribution in [0, 0.1) is 17.0 Å². The van der Waals surface area contributed by atoms with Gasteiger partial charge in [-0.05, 0) is 31.9 Å². The molecule has 1 aromatic carbocycles. The summed E-state index contributed by atoms with van der Waals surface area (Å²) in [5.74, 6) is 0. The minimum Gasteiger partial charge on any atom is -0.258 e. The fraction of sp³-hybridized carbons (Fsp3) is 0.500. The number of halogens is 2. The number of nitro benzene ring substituents is 1. The maximum Gasteiger partial charge on any atom is 0.272 e. The summed E-state index contributed by atoms with van der Waals surface area (Å²) in [5.41, 5.74) is -0.0327. The number of nitro groups is 1. The quantitative estimate of drug-likeness (QED) is 0.595. The van der Waals surface area contributed by atoms with Crippen molar-refractivity contribution in [1.82, 2.24) is 4.31 Å². The van der Waals surface area contributed by atoms with Crippen LogP contribution in [0.5, 0.6) is 0 Å². The maximum atomic E-state index is 12.6. The lowest BCUT2D eigenvalue weighted by Gasteiger charge is -2.21. The number of sulfonamides is 1. The third kappa shape index (κ3) is 3.35. The van der Waals surface area contributed by atoms with E-state index in [9.17, 15) is 27.3 Å². The van der Waals surface area contributed by atoms with Crippen LogP contribution in [0.25, 0.3) is 0 Å². The van der Waals surface area contributed by atoms with E-state index in [4.69, 9.17) is 0 Å². The zero-order valence-corrected chi connectivity index (χ0v) is 12.0. The van der Waals surface area contributed by atoms with Gasteiger partial charge in [-0.15, -0.1) is 0 Å². The number of hydrogen-bond donors (Lipinski definition) is 0. The molecule has 6 nitrogen and oxygen atoms in total. The fourth-order valence-electron chi connectivity index (χ4n) is 2.07. The summed E-state index contributed by atoms with van der Waals surface area (Å²) >= 11 is 0. The molecule has 0 bridgehead atoms. The van der Waals surface area contributed by atoms with Gasteiger partial charge in [-0.25, -0.2) is 17.2 Å². The van der Waals surface area contributed by atoms with Gasteiger partial charge in [-0.3, -0.25) is 10.1 Å². The Labute approximate surface area is 120 Å². The predicted molar refractivity (Wildman–Crippen MR) is 70.8 cm³/mol. The van der Waals surface area contributed by atoms with Crippen molar-refractivity contribution in [2.75, 3.05) is 6.54 Å². The normalized spacial score (nSPS) is 15.7. The molecule has 0 aromatic heterocycles. The third-order valence-corrected chi connectivity index (χ3v) is 5.16. The van der Waals surface area contributed by atoms with E-state index < -0.39 is 34.0 Å². The molecule has 0 saturated heterocycles. The Hall–Kier alpha value is -1.61. The van der Waals surface area contributed by atoms with Crippen molar-refractivity contribution >= 4 is 15.7 Å². The Morgan fingerprint density at radius 1 is 1.43 bits per heavy atom. The predicted octanol–water partition coefficient (Wildman–Crippen LogP) is 2.32. The first-order valence-electron chi connectivity index (χ1n) is 6.28. The minimum absolute atomic E-state index is 0.175. The van der Waals surface area contributed by atoms with E-state index in [-0.39, 0.29) is 16.1 Å². The summed E-state index contributed by atoms with van der Waals surface area (Å²) in [5, 5.41) is 10.7. The van der Waals surface area contributed by atoms with Gasteiger partial charge in [0.15, 0.2) is 0 Å². The molecular formula is C12H14F2N2O4S. The lowest BCUT2D eigenvalue weighted by Crippen LogP contribution is -2.37. The molecule has 1 aliphatic carbocycles. The van der Waals surface area contributed by atoms with Crippen molar-refractivity contribution in [3.63, 3.8) is 0 Å². The molecule has 0 aliphatic heterocycles. The van der Waals surface area contributed by atoms with Gasteiger partial charge in [0, 0.05) is 17.7 Å². The highest BCUT2D eigenvalue weighted by Gasteiger charge is 2.39. The maximum absolute atomic E-state index is 12.6. The Morgan fingerprint density at radius 3 is 2.48 bits per heavy atom. The topological polar surface area (TPSA) is 80.5 Å². The highest BCUT2D eigenvalue weighted by atomic mass is 32.2. The molecule has 1 aliphatic rings. The molecule has 0 heterocycles. The van der Waals surface area contributed by atoms with Crippen molar-refractivity contribution in [3.05, 3.63) is 33.9 Å². The lowest BCUT2D eigenvalue weighted by atomic mass is 10.2. The highest BCUT2D eigenvalue weighted by Crippen LogP contribution is 2.33. The monoisotopic (exact) mass is 320 g/mol. The highest BCUT2D eigenvalue weighted by molar-refractivity contribution is 7.89. The molecule has 0 atom stereocenters. The van der Waals surface area contributed by atoms with E-state index in [0.717, 1.165) is 22.5 Å². The Morgan fingerprint density at radius 2 is 2.05 bits per heavy atom. The van der Waals surface area contributed by atoms with Crippen molar-refractivity contribution in [2.24, 2.45) is 0 Å². The first-order valence-corrected chi connectivity index (χ1v) is 7.72. The average Bonchev–Trinajstić information content (AvgIpc) is 3.19. The molecule has 2 rings (SSSR count). The van der Waals surface area contributed by atoms with Crippen LogP contribution in [0.3, 0.4) is 0 Å². The molecule has 9 heteroatoms. The summed E-state index contributed by atoms with van der Waals surface area (Å²) < 4.78 is 50.7. The molecule has 1 fully saturated rings. The first kappa shape index (κ1) is 15.8. The van der Waals surface area contributed by atoms with Crippen LogP contribution in [0.2, 0.25) is 0 Å². The number of benzene rings is 1. The van der Waals surface area contributed by atoms with Crippen LogP contribution in [-0.2, 0) is 10.0 Å². The lowest BCUT2D eigenvalue weighted by molar-refractivity contribution is -0.385.